The predicted molar refractivity (Wildman–Crippen MR) is 78.6 cm³/mol. The Morgan fingerprint density at radius 1 is 1.40 bits per heavy atom. The Hall–Kier alpha value is -1.15. The summed E-state index contributed by atoms with van der Waals surface area (Å²) in [7, 11) is -2.04. The maximum Gasteiger partial charge on any atom is 0.249 e. The van der Waals surface area contributed by atoms with Gasteiger partial charge in [0, 0.05) is 31.7 Å². The molecule has 3 N–H and O–H groups in total. The van der Waals surface area contributed by atoms with Gasteiger partial charge in [-0.15, -0.1) is 12.4 Å². The molecule has 0 aliphatic carbocycles. The number of carbonyl (C=O) groups is 1. The molecule has 0 spiro atoms. The van der Waals surface area contributed by atoms with E-state index in [-0.39, 0.29) is 28.9 Å². The summed E-state index contributed by atoms with van der Waals surface area (Å²) in [5.74, 6) is -0.623. The van der Waals surface area contributed by atoms with Crippen molar-refractivity contribution >= 4 is 28.3 Å². The van der Waals surface area contributed by atoms with E-state index in [1.165, 1.54) is 16.4 Å². The molecule has 0 atom stereocenters. The zero-order valence-electron chi connectivity index (χ0n) is 11.3. The van der Waals surface area contributed by atoms with Gasteiger partial charge in [0.2, 0.25) is 15.9 Å². The molecule has 8 heteroatoms. The summed E-state index contributed by atoms with van der Waals surface area (Å²) in [6.07, 6.45) is 0. The molecule has 0 aromatic heterocycles. The van der Waals surface area contributed by atoms with Gasteiger partial charge in [-0.25, -0.2) is 8.42 Å². The van der Waals surface area contributed by atoms with Crippen molar-refractivity contribution in [2.24, 2.45) is 5.73 Å². The van der Waals surface area contributed by atoms with Crippen LogP contribution in [0.3, 0.4) is 0 Å². The molecule has 1 heterocycles. The first kappa shape index (κ1) is 16.9. The minimum Gasteiger partial charge on any atom is -0.366 e. The standard InChI is InChI=1S/C12H17N3O3S.ClH/c1-8-3-4-10(5-11(8)12(13)16)19(17,18)15(2)9-6-14-7-9;/h3-5,9,14H,6-7H2,1-2H3,(H2,13,16);1H. The fourth-order valence-electron chi connectivity index (χ4n) is 1.92. The van der Waals surface area contributed by atoms with Gasteiger partial charge in [0.1, 0.15) is 0 Å². The third kappa shape index (κ3) is 2.95. The van der Waals surface area contributed by atoms with E-state index in [0.717, 1.165) is 0 Å². The van der Waals surface area contributed by atoms with Gasteiger partial charge in [0.15, 0.2) is 0 Å². The lowest BCUT2D eigenvalue weighted by molar-refractivity contribution is 0.0999. The van der Waals surface area contributed by atoms with E-state index < -0.39 is 15.9 Å². The fourth-order valence-corrected chi connectivity index (χ4v) is 3.30. The van der Waals surface area contributed by atoms with E-state index in [1.54, 1.807) is 20.0 Å². The zero-order chi connectivity index (χ0) is 14.2. The van der Waals surface area contributed by atoms with Gasteiger partial charge in [0.05, 0.1) is 4.90 Å². The number of sulfonamides is 1. The predicted octanol–water partition coefficient (Wildman–Crippen LogP) is 0.108. The quantitative estimate of drug-likeness (QED) is 0.823. The normalized spacial score (nSPS) is 15.6. The van der Waals surface area contributed by atoms with Crippen LogP contribution >= 0.6 is 12.4 Å². The van der Waals surface area contributed by atoms with E-state index in [1.807, 2.05) is 0 Å². The second-order valence-electron chi connectivity index (χ2n) is 4.67. The van der Waals surface area contributed by atoms with Crippen molar-refractivity contribution in [2.45, 2.75) is 17.9 Å². The summed E-state index contributed by atoms with van der Waals surface area (Å²) in [6, 6.07) is 4.40. The van der Waals surface area contributed by atoms with Crippen LogP contribution in [0, 0.1) is 6.92 Å². The number of likely N-dealkylation sites (N-methyl/N-ethyl adjacent to an activating group) is 1. The number of rotatable bonds is 4. The molecular weight excluding hydrogens is 302 g/mol. The lowest BCUT2D eigenvalue weighted by Crippen LogP contribution is -2.57. The summed E-state index contributed by atoms with van der Waals surface area (Å²) in [6.45, 7) is 3.00. The average molecular weight is 320 g/mol. The number of nitrogens with two attached hydrogens (primary N) is 1. The largest absolute Gasteiger partial charge is 0.366 e. The highest BCUT2D eigenvalue weighted by Gasteiger charge is 2.32. The van der Waals surface area contributed by atoms with Crippen molar-refractivity contribution in [3.63, 3.8) is 0 Å². The smallest absolute Gasteiger partial charge is 0.249 e. The van der Waals surface area contributed by atoms with Gasteiger partial charge >= 0.3 is 0 Å². The van der Waals surface area contributed by atoms with Gasteiger partial charge in [-0.05, 0) is 24.6 Å². The summed E-state index contributed by atoms with van der Waals surface area (Å²) >= 11 is 0. The maximum absolute atomic E-state index is 12.4. The van der Waals surface area contributed by atoms with Gasteiger partial charge in [-0.2, -0.15) is 4.31 Å². The number of nitrogens with zero attached hydrogens (tertiary/aromatic N) is 1. The number of nitrogens with one attached hydrogen (secondary N) is 1. The zero-order valence-corrected chi connectivity index (χ0v) is 12.9. The number of hydrogen-bond donors (Lipinski definition) is 2. The first-order valence-electron chi connectivity index (χ1n) is 5.93. The number of halogens is 1. The topological polar surface area (TPSA) is 92.5 Å². The summed E-state index contributed by atoms with van der Waals surface area (Å²) in [5, 5.41) is 3.02. The molecule has 2 rings (SSSR count). The first-order valence-corrected chi connectivity index (χ1v) is 7.37. The summed E-state index contributed by atoms with van der Waals surface area (Å²) < 4.78 is 26.1. The van der Waals surface area contributed by atoms with Crippen LogP contribution in [0.1, 0.15) is 15.9 Å². The Morgan fingerprint density at radius 3 is 2.45 bits per heavy atom. The molecule has 0 radical (unpaired) electrons. The van der Waals surface area contributed by atoms with Crippen LogP contribution in [-0.2, 0) is 10.0 Å². The van der Waals surface area contributed by atoms with E-state index >= 15 is 0 Å². The fraction of sp³-hybridized carbons (Fsp3) is 0.417. The van der Waals surface area contributed by atoms with Crippen LogP contribution in [0.5, 0.6) is 0 Å². The Labute approximate surface area is 124 Å². The lowest BCUT2D eigenvalue weighted by atomic mass is 10.1. The number of hydrogen-bond acceptors (Lipinski definition) is 4. The summed E-state index contributed by atoms with van der Waals surface area (Å²) in [4.78, 5) is 11.4. The van der Waals surface area contributed by atoms with Gasteiger partial charge < -0.3 is 11.1 Å². The van der Waals surface area contributed by atoms with Crippen molar-refractivity contribution < 1.29 is 13.2 Å². The molecule has 0 unspecified atom stereocenters. The van der Waals surface area contributed by atoms with Gasteiger partial charge in [-0.3, -0.25) is 4.79 Å². The second kappa shape index (κ2) is 6.09. The molecule has 1 aromatic carbocycles. The Kier molecular flexibility index (Phi) is 5.15. The molecular formula is C12H18ClN3O3S. The second-order valence-corrected chi connectivity index (χ2v) is 6.67. The van der Waals surface area contributed by atoms with Crippen LogP contribution in [0.25, 0.3) is 0 Å². The molecule has 0 bridgehead atoms. The maximum atomic E-state index is 12.4. The molecule has 1 aliphatic rings. The molecule has 20 heavy (non-hydrogen) atoms. The minimum atomic E-state index is -3.59. The first-order chi connectivity index (χ1) is 8.84. The Bertz CT molecular complexity index is 614. The summed E-state index contributed by atoms with van der Waals surface area (Å²) in [5.41, 5.74) is 6.15. The molecule has 1 fully saturated rings. The minimum absolute atomic E-state index is 0. The van der Waals surface area contributed by atoms with E-state index in [0.29, 0.717) is 18.7 Å². The molecule has 112 valence electrons. The average Bonchev–Trinajstić information content (AvgIpc) is 2.26. The van der Waals surface area contributed by atoms with Crippen molar-refractivity contribution in [3.05, 3.63) is 29.3 Å². The van der Waals surface area contributed by atoms with Crippen LogP contribution in [0.4, 0.5) is 0 Å². The number of primary amides is 1. The highest BCUT2D eigenvalue weighted by Crippen LogP contribution is 2.21. The highest BCUT2D eigenvalue weighted by atomic mass is 35.5. The van der Waals surface area contributed by atoms with E-state index in [2.05, 4.69) is 5.32 Å². The van der Waals surface area contributed by atoms with Crippen molar-refractivity contribution in [3.8, 4) is 0 Å². The lowest BCUT2D eigenvalue weighted by Gasteiger charge is -2.34. The molecule has 1 saturated heterocycles. The van der Waals surface area contributed by atoms with Crippen LogP contribution in [0.2, 0.25) is 0 Å². The van der Waals surface area contributed by atoms with Crippen molar-refractivity contribution in [2.75, 3.05) is 20.1 Å². The van der Waals surface area contributed by atoms with Crippen molar-refractivity contribution in [1.82, 2.24) is 9.62 Å². The van der Waals surface area contributed by atoms with Crippen LogP contribution in [0.15, 0.2) is 23.1 Å². The SMILES string of the molecule is Cc1ccc(S(=O)(=O)N(C)C2CNC2)cc1C(N)=O.Cl. The van der Waals surface area contributed by atoms with E-state index in [4.69, 9.17) is 5.73 Å². The molecule has 6 nitrogen and oxygen atoms in total. The molecule has 1 amide bonds. The van der Waals surface area contributed by atoms with Gasteiger partial charge in [0.25, 0.3) is 0 Å². The number of aryl methyl sites for hydroxylation is 1. The number of amides is 1. The van der Waals surface area contributed by atoms with Crippen molar-refractivity contribution in [1.29, 1.82) is 0 Å². The molecule has 1 aromatic rings. The third-order valence-electron chi connectivity index (χ3n) is 3.43. The Balaban J connectivity index is 0.00000200. The highest BCUT2D eigenvalue weighted by molar-refractivity contribution is 7.89. The number of carbonyl (C=O) groups excluding carboxylic acids is 1. The van der Waals surface area contributed by atoms with Crippen LogP contribution < -0.4 is 11.1 Å². The monoisotopic (exact) mass is 319 g/mol. The molecule has 0 saturated carbocycles. The van der Waals surface area contributed by atoms with E-state index in [9.17, 15) is 13.2 Å². The van der Waals surface area contributed by atoms with Gasteiger partial charge in [-0.1, -0.05) is 6.07 Å². The third-order valence-corrected chi connectivity index (χ3v) is 5.33. The number of benzene rings is 1. The Morgan fingerprint density at radius 2 is 2.00 bits per heavy atom. The van der Waals surface area contributed by atoms with Crippen LogP contribution in [-0.4, -0.2) is 44.8 Å². The molecule has 1 aliphatic heterocycles.